The number of imide groups is 2. The first kappa shape index (κ1) is 30.5. The quantitative estimate of drug-likeness (QED) is 0.240. The van der Waals surface area contributed by atoms with Gasteiger partial charge in [0, 0.05) is 16.0 Å². The monoisotopic (exact) mass is 658 g/mol. The van der Waals surface area contributed by atoms with Crippen LogP contribution >= 0.6 is 23.2 Å². The highest BCUT2D eigenvalue weighted by Gasteiger charge is 2.62. The number of carbonyl (C=O) groups excluding carboxylic acids is 4. The lowest BCUT2D eigenvalue weighted by atomic mass is 9.57. The van der Waals surface area contributed by atoms with E-state index in [0.717, 1.165) is 16.7 Å². The highest BCUT2D eigenvalue weighted by Crippen LogP contribution is 2.59. The Morgan fingerprint density at radius 3 is 1.93 bits per heavy atom. The molecule has 2 aliphatic heterocycles. The first-order valence-corrected chi connectivity index (χ1v) is 16.2. The molecule has 7 rings (SSSR count). The molecule has 236 valence electrons. The fourth-order valence-electron chi connectivity index (χ4n) is 7.91. The van der Waals surface area contributed by atoms with Crippen LogP contribution < -0.4 is 14.5 Å². The van der Waals surface area contributed by atoms with E-state index in [4.69, 9.17) is 27.9 Å². The molecular weight excluding hydrogens is 627 g/mol. The van der Waals surface area contributed by atoms with Crippen molar-refractivity contribution >= 4 is 58.2 Å². The van der Waals surface area contributed by atoms with Gasteiger partial charge in [0.05, 0.1) is 41.7 Å². The lowest BCUT2D eigenvalue weighted by molar-refractivity contribution is -0.126. The van der Waals surface area contributed by atoms with Crippen molar-refractivity contribution in [3.8, 4) is 11.5 Å². The molecule has 8 nitrogen and oxygen atoms in total. The van der Waals surface area contributed by atoms with E-state index in [-0.39, 0.29) is 41.5 Å². The topological polar surface area (TPSA) is 104 Å². The number of amides is 4. The average molecular weight is 660 g/mol. The predicted octanol–water partition coefficient (Wildman–Crippen LogP) is 6.76. The van der Waals surface area contributed by atoms with Crippen LogP contribution in [0.2, 0.25) is 10.0 Å². The first-order valence-electron chi connectivity index (χ1n) is 15.4. The largest absolute Gasteiger partial charge is 0.504 e. The molecule has 46 heavy (non-hydrogen) atoms. The van der Waals surface area contributed by atoms with Gasteiger partial charge in [-0.25, -0.2) is 9.80 Å². The molecule has 4 aliphatic rings. The van der Waals surface area contributed by atoms with Crippen molar-refractivity contribution in [3.63, 3.8) is 0 Å². The Morgan fingerprint density at radius 1 is 0.761 bits per heavy atom. The van der Waals surface area contributed by atoms with Gasteiger partial charge < -0.3 is 9.84 Å². The van der Waals surface area contributed by atoms with Gasteiger partial charge in [-0.1, -0.05) is 53.1 Å². The van der Waals surface area contributed by atoms with Gasteiger partial charge >= 0.3 is 0 Å². The lowest BCUT2D eigenvalue weighted by Gasteiger charge is -2.44. The molecule has 2 aliphatic carbocycles. The number of phenols is 1. The molecule has 1 saturated carbocycles. The Labute approximate surface area is 276 Å². The fraction of sp³-hybridized carbons (Fsp3) is 0.333. The highest BCUT2D eigenvalue weighted by molar-refractivity contribution is 6.33. The third kappa shape index (κ3) is 4.56. The second-order valence-electron chi connectivity index (χ2n) is 12.6. The summed E-state index contributed by atoms with van der Waals surface area (Å²) in [6, 6.07) is 15.2. The van der Waals surface area contributed by atoms with Crippen LogP contribution in [0.4, 0.5) is 11.4 Å². The molecule has 0 spiro atoms. The summed E-state index contributed by atoms with van der Waals surface area (Å²) in [4.78, 5) is 59.0. The van der Waals surface area contributed by atoms with E-state index >= 15 is 0 Å². The van der Waals surface area contributed by atoms with E-state index in [1.165, 1.54) is 15.9 Å². The summed E-state index contributed by atoms with van der Waals surface area (Å²) < 4.78 is 5.70. The van der Waals surface area contributed by atoms with Crippen molar-refractivity contribution in [2.75, 3.05) is 16.4 Å². The van der Waals surface area contributed by atoms with Crippen LogP contribution in [0.3, 0.4) is 0 Å². The molecule has 2 heterocycles. The number of hydrogen-bond donors (Lipinski definition) is 1. The molecule has 6 atom stereocenters. The zero-order chi connectivity index (χ0) is 32.6. The molecule has 3 fully saturated rings. The summed E-state index contributed by atoms with van der Waals surface area (Å²) >= 11 is 12.8. The standard InChI is InChI=1S/C36H32Cl2N2O6/c1-4-46-29-13-19(7-12-28(29)41)30-22-10-11-23-31(35(44)39(33(23)42)20-8-5-17(2)26(37)14-20)24(22)16-25-32(30)36(45)40(34(25)43)21-9-6-18(3)27(38)15-21/h5-10,12-15,23-25,30-32,41H,4,11,16H2,1-3H3/t23-,24+,25+,30-,31-,32+/m0/s1. The van der Waals surface area contributed by atoms with Crippen LogP contribution in [0.15, 0.2) is 66.2 Å². The number of fused-ring (bicyclic) bond motifs is 4. The predicted molar refractivity (Wildman–Crippen MR) is 174 cm³/mol. The number of allylic oxidation sites excluding steroid dienone is 2. The second kappa shape index (κ2) is 11.3. The van der Waals surface area contributed by atoms with E-state index in [9.17, 15) is 24.3 Å². The maximum atomic E-state index is 14.3. The van der Waals surface area contributed by atoms with Gasteiger partial charge in [-0.05, 0) is 92.6 Å². The minimum absolute atomic E-state index is 0.0408. The van der Waals surface area contributed by atoms with Crippen LogP contribution in [-0.2, 0) is 19.2 Å². The Hall–Kier alpha value is -4.14. The van der Waals surface area contributed by atoms with Gasteiger partial charge in [-0.15, -0.1) is 0 Å². The Kier molecular flexibility index (Phi) is 7.48. The number of ether oxygens (including phenoxy) is 1. The summed E-state index contributed by atoms with van der Waals surface area (Å²) in [5, 5.41) is 11.4. The van der Waals surface area contributed by atoms with E-state index in [0.29, 0.717) is 40.0 Å². The van der Waals surface area contributed by atoms with Crippen molar-refractivity contribution in [1.29, 1.82) is 0 Å². The zero-order valence-corrected chi connectivity index (χ0v) is 27.0. The van der Waals surface area contributed by atoms with Gasteiger partial charge in [0.15, 0.2) is 11.5 Å². The molecule has 0 bridgehead atoms. The van der Waals surface area contributed by atoms with Gasteiger partial charge in [0.25, 0.3) is 0 Å². The van der Waals surface area contributed by atoms with Crippen molar-refractivity contribution in [2.45, 2.75) is 39.5 Å². The molecule has 3 aromatic carbocycles. The summed E-state index contributed by atoms with van der Waals surface area (Å²) in [5.41, 5.74) is 4.00. The minimum Gasteiger partial charge on any atom is -0.504 e. The molecule has 0 radical (unpaired) electrons. The average Bonchev–Trinajstić information content (AvgIpc) is 3.44. The Bertz CT molecular complexity index is 1870. The van der Waals surface area contributed by atoms with Gasteiger partial charge in [-0.2, -0.15) is 0 Å². The lowest BCUT2D eigenvalue weighted by Crippen LogP contribution is -2.43. The van der Waals surface area contributed by atoms with Crippen molar-refractivity contribution in [2.24, 2.45) is 29.6 Å². The number of aryl methyl sites for hydroxylation is 2. The number of phenolic OH excluding ortho intramolecular Hbond substituents is 1. The van der Waals surface area contributed by atoms with E-state index in [1.807, 2.05) is 26.8 Å². The first-order chi connectivity index (χ1) is 22.0. The van der Waals surface area contributed by atoms with E-state index in [2.05, 4.69) is 0 Å². The molecule has 0 unspecified atom stereocenters. The molecule has 3 aromatic rings. The molecule has 10 heteroatoms. The normalized spacial score (nSPS) is 27.0. The Balaban J connectivity index is 1.34. The smallest absolute Gasteiger partial charge is 0.238 e. The van der Waals surface area contributed by atoms with E-state index in [1.54, 1.807) is 48.5 Å². The highest BCUT2D eigenvalue weighted by atomic mass is 35.5. The number of rotatable bonds is 5. The van der Waals surface area contributed by atoms with Crippen LogP contribution in [0.25, 0.3) is 0 Å². The van der Waals surface area contributed by atoms with Crippen molar-refractivity contribution in [1.82, 2.24) is 0 Å². The molecule has 2 saturated heterocycles. The van der Waals surface area contributed by atoms with Crippen LogP contribution in [0.5, 0.6) is 11.5 Å². The van der Waals surface area contributed by atoms with Gasteiger partial charge in [0.1, 0.15) is 0 Å². The zero-order valence-electron chi connectivity index (χ0n) is 25.5. The minimum atomic E-state index is -0.759. The number of hydrogen-bond acceptors (Lipinski definition) is 6. The summed E-state index contributed by atoms with van der Waals surface area (Å²) in [6.45, 7) is 5.82. The number of nitrogens with zero attached hydrogens (tertiary/aromatic N) is 2. The fourth-order valence-corrected chi connectivity index (χ4v) is 8.26. The van der Waals surface area contributed by atoms with Crippen LogP contribution in [-0.4, -0.2) is 35.3 Å². The number of aromatic hydroxyl groups is 1. The molecule has 1 N–H and O–H groups in total. The molecule has 4 amide bonds. The van der Waals surface area contributed by atoms with E-state index < -0.39 is 35.5 Å². The second-order valence-corrected chi connectivity index (χ2v) is 13.4. The maximum absolute atomic E-state index is 14.3. The van der Waals surface area contributed by atoms with Crippen molar-refractivity contribution < 1.29 is 29.0 Å². The van der Waals surface area contributed by atoms with Crippen LogP contribution in [0, 0.1) is 43.4 Å². The number of halogens is 2. The number of anilines is 2. The molecular formula is C36H32Cl2N2O6. The number of carbonyl (C=O) groups is 4. The third-order valence-corrected chi connectivity index (χ3v) is 10.9. The summed E-state index contributed by atoms with van der Waals surface area (Å²) in [5.74, 6) is -4.96. The van der Waals surface area contributed by atoms with Crippen molar-refractivity contribution in [3.05, 3.63) is 93.0 Å². The SMILES string of the molecule is CCOc1cc([C@H]2C3=CC[C@@H]4C(=O)N(c5ccc(C)c(Cl)c5)C(=O)[C@@H]4[C@@H]3C[C@H]3C(=O)N(c4ccc(C)c(Cl)c4)C(=O)[C@@H]23)ccc1O. The van der Waals surface area contributed by atoms with Gasteiger partial charge in [0.2, 0.25) is 23.6 Å². The van der Waals surface area contributed by atoms with Gasteiger partial charge in [-0.3, -0.25) is 19.2 Å². The summed E-state index contributed by atoms with van der Waals surface area (Å²) in [6.07, 6.45) is 2.55. The Morgan fingerprint density at radius 2 is 1.35 bits per heavy atom. The molecule has 0 aromatic heterocycles. The summed E-state index contributed by atoms with van der Waals surface area (Å²) in [7, 11) is 0. The van der Waals surface area contributed by atoms with Crippen LogP contribution in [0.1, 0.15) is 42.4 Å². The number of benzene rings is 3. The third-order valence-electron chi connectivity index (χ3n) is 10.1. The maximum Gasteiger partial charge on any atom is 0.238 e.